The van der Waals surface area contributed by atoms with E-state index in [2.05, 4.69) is 27.4 Å². The maximum Gasteiger partial charge on any atom is 0.222 e. The molecule has 0 aliphatic heterocycles. The van der Waals surface area contributed by atoms with E-state index in [9.17, 15) is 4.79 Å². The number of thiophene rings is 1. The fourth-order valence-corrected chi connectivity index (χ4v) is 3.18. The van der Waals surface area contributed by atoms with Gasteiger partial charge in [0.1, 0.15) is 0 Å². The number of hydrogen-bond acceptors (Lipinski definition) is 4. The van der Waals surface area contributed by atoms with Gasteiger partial charge in [-0.05, 0) is 35.8 Å². The molecule has 7 heteroatoms. The second kappa shape index (κ2) is 8.42. The van der Waals surface area contributed by atoms with Crippen molar-refractivity contribution in [3.63, 3.8) is 0 Å². The molecule has 0 saturated carbocycles. The second-order valence-corrected chi connectivity index (χ2v) is 6.51. The van der Waals surface area contributed by atoms with E-state index in [-0.39, 0.29) is 5.91 Å². The van der Waals surface area contributed by atoms with Crippen LogP contribution in [0.15, 0.2) is 47.8 Å². The molecule has 0 aliphatic rings. The van der Waals surface area contributed by atoms with Crippen LogP contribution in [0.1, 0.15) is 12.0 Å². The number of aromatic nitrogens is 3. The van der Waals surface area contributed by atoms with Crippen LogP contribution in [0, 0.1) is 16.6 Å². The highest BCUT2D eigenvalue weighted by Crippen LogP contribution is 2.22. The number of H-pyrrole nitrogens is 1. The van der Waals surface area contributed by atoms with Gasteiger partial charge < -0.3 is 5.32 Å². The number of carbonyl (C=O) groups excluding carboxylic acids is 1. The predicted molar refractivity (Wildman–Crippen MR) is 102 cm³/mol. The zero-order chi connectivity index (χ0) is 17.5. The number of carbonyl (C=O) groups is 1. The van der Waals surface area contributed by atoms with Crippen molar-refractivity contribution in [3.8, 4) is 22.5 Å². The summed E-state index contributed by atoms with van der Waals surface area (Å²) in [5.74, 6) is 6.64. The molecule has 0 fully saturated rings. The normalized spacial score (nSPS) is 10.1. The molecule has 2 N–H and O–H groups in total. The van der Waals surface area contributed by atoms with Crippen LogP contribution < -0.4 is 5.32 Å². The number of amides is 1. The van der Waals surface area contributed by atoms with E-state index in [4.69, 9.17) is 12.2 Å². The largest absolute Gasteiger partial charge is 0.345 e. The first-order valence-electron chi connectivity index (χ1n) is 7.74. The monoisotopic (exact) mass is 368 g/mol. The third-order valence-corrected chi connectivity index (χ3v) is 4.62. The van der Waals surface area contributed by atoms with Crippen molar-refractivity contribution in [3.05, 3.63) is 58.2 Å². The van der Waals surface area contributed by atoms with Gasteiger partial charge in [-0.1, -0.05) is 36.1 Å². The molecule has 0 unspecified atom stereocenters. The first kappa shape index (κ1) is 17.1. The second-order valence-electron chi connectivity index (χ2n) is 5.18. The Bertz CT molecular complexity index is 946. The molecule has 0 spiro atoms. The Morgan fingerprint density at radius 3 is 2.88 bits per heavy atom. The van der Waals surface area contributed by atoms with E-state index in [1.165, 1.54) is 0 Å². The van der Waals surface area contributed by atoms with Crippen molar-refractivity contribution in [2.45, 2.75) is 13.0 Å². The quantitative estimate of drug-likeness (QED) is 0.537. The molecule has 0 bridgehead atoms. The van der Waals surface area contributed by atoms with E-state index in [1.54, 1.807) is 11.3 Å². The number of benzene rings is 1. The number of aromatic amines is 1. The maximum absolute atomic E-state index is 12.0. The van der Waals surface area contributed by atoms with E-state index >= 15 is 0 Å². The molecular formula is C18H16N4OS2. The lowest BCUT2D eigenvalue weighted by molar-refractivity contribution is -0.121. The standard InChI is InChI=1S/C18H16N4OS2/c23-16(19-11-4-8-14-6-2-1-3-7-14)10-12-22-17(20-21-18(22)24)15-9-5-13-25-15/h1-3,5-7,9,13H,10-12H2,(H,19,23)(H,21,24). The summed E-state index contributed by atoms with van der Waals surface area (Å²) in [5.41, 5.74) is 0.932. The number of hydrogen-bond donors (Lipinski definition) is 2. The fraction of sp³-hybridized carbons (Fsp3) is 0.167. The Morgan fingerprint density at radius 2 is 2.12 bits per heavy atom. The van der Waals surface area contributed by atoms with E-state index in [0.717, 1.165) is 16.3 Å². The van der Waals surface area contributed by atoms with Gasteiger partial charge in [-0.15, -0.1) is 11.3 Å². The van der Waals surface area contributed by atoms with E-state index in [1.807, 2.05) is 52.4 Å². The lowest BCUT2D eigenvalue weighted by atomic mass is 10.2. The fourth-order valence-electron chi connectivity index (χ4n) is 2.23. The van der Waals surface area contributed by atoms with Crippen LogP contribution in [0.3, 0.4) is 0 Å². The molecule has 25 heavy (non-hydrogen) atoms. The molecule has 1 amide bonds. The summed E-state index contributed by atoms with van der Waals surface area (Å²) in [7, 11) is 0. The number of nitrogens with one attached hydrogen (secondary N) is 2. The van der Waals surface area contributed by atoms with E-state index < -0.39 is 0 Å². The first-order chi connectivity index (χ1) is 12.2. The molecule has 1 aromatic carbocycles. The van der Waals surface area contributed by atoms with Crippen LogP contribution in [-0.4, -0.2) is 27.2 Å². The number of nitrogens with zero attached hydrogens (tertiary/aromatic N) is 2. The predicted octanol–water partition coefficient (Wildman–Crippen LogP) is 3.23. The van der Waals surface area contributed by atoms with Gasteiger partial charge in [-0.2, -0.15) is 5.10 Å². The van der Waals surface area contributed by atoms with Crippen LogP contribution in [0.5, 0.6) is 0 Å². The molecule has 0 atom stereocenters. The SMILES string of the molecule is O=C(CCn1c(-c2cccs2)n[nH]c1=S)NCC#Cc1ccccc1. The van der Waals surface area contributed by atoms with Crippen LogP contribution in [0.2, 0.25) is 0 Å². The lowest BCUT2D eigenvalue weighted by Crippen LogP contribution is -2.24. The van der Waals surface area contributed by atoms with Gasteiger partial charge in [0.25, 0.3) is 0 Å². The summed E-state index contributed by atoms with van der Waals surface area (Å²) >= 11 is 6.84. The third kappa shape index (κ3) is 4.66. The highest BCUT2D eigenvalue weighted by atomic mass is 32.1. The molecule has 2 aromatic heterocycles. The summed E-state index contributed by atoms with van der Waals surface area (Å²) in [6, 6.07) is 13.6. The summed E-state index contributed by atoms with van der Waals surface area (Å²) in [6.45, 7) is 0.794. The molecule has 0 saturated heterocycles. The van der Waals surface area contributed by atoms with Gasteiger partial charge in [0.05, 0.1) is 11.4 Å². The maximum atomic E-state index is 12.0. The lowest BCUT2D eigenvalue weighted by Gasteiger charge is -2.05. The van der Waals surface area contributed by atoms with Crippen molar-refractivity contribution in [1.29, 1.82) is 0 Å². The van der Waals surface area contributed by atoms with Crippen LogP contribution in [0.4, 0.5) is 0 Å². The minimum Gasteiger partial charge on any atom is -0.345 e. The molecule has 3 aromatic rings. The van der Waals surface area contributed by atoms with Crippen LogP contribution in [0.25, 0.3) is 10.7 Å². The minimum absolute atomic E-state index is 0.0670. The Kier molecular flexibility index (Phi) is 5.77. The van der Waals surface area contributed by atoms with Gasteiger partial charge in [-0.25, -0.2) is 0 Å². The van der Waals surface area contributed by atoms with Gasteiger partial charge in [0.2, 0.25) is 5.91 Å². The van der Waals surface area contributed by atoms with Crippen molar-refractivity contribution in [1.82, 2.24) is 20.1 Å². The first-order valence-corrected chi connectivity index (χ1v) is 9.02. The van der Waals surface area contributed by atoms with Crippen molar-refractivity contribution >= 4 is 29.5 Å². The summed E-state index contributed by atoms with van der Waals surface area (Å²) in [4.78, 5) is 13.0. The Labute approximate surface area is 154 Å². The number of rotatable bonds is 5. The molecule has 5 nitrogen and oxygen atoms in total. The molecule has 0 radical (unpaired) electrons. The molecular weight excluding hydrogens is 352 g/mol. The molecule has 2 heterocycles. The minimum atomic E-state index is -0.0670. The zero-order valence-electron chi connectivity index (χ0n) is 13.4. The summed E-state index contributed by atoms with van der Waals surface area (Å²) < 4.78 is 2.36. The van der Waals surface area contributed by atoms with Gasteiger partial charge in [0, 0.05) is 18.5 Å². The summed E-state index contributed by atoms with van der Waals surface area (Å²) in [5, 5.41) is 11.8. The molecule has 126 valence electrons. The smallest absolute Gasteiger partial charge is 0.222 e. The average Bonchev–Trinajstić information content (AvgIpc) is 3.27. The Morgan fingerprint density at radius 1 is 1.28 bits per heavy atom. The zero-order valence-corrected chi connectivity index (χ0v) is 15.0. The van der Waals surface area contributed by atoms with Crippen molar-refractivity contribution in [2.75, 3.05) is 6.54 Å². The van der Waals surface area contributed by atoms with E-state index in [0.29, 0.717) is 24.3 Å². The topological polar surface area (TPSA) is 62.7 Å². The highest BCUT2D eigenvalue weighted by Gasteiger charge is 2.11. The van der Waals surface area contributed by atoms with Gasteiger partial charge in [0.15, 0.2) is 10.6 Å². The Hall–Kier alpha value is -2.69. The average molecular weight is 368 g/mol. The van der Waals surface area contributed by atoms with Crippen molar-refractivity contribution in [2.24, 2.45) is 0 Å². The summed E-state index contributed by atoms with van der Waals surface area (Å²) in [6.07, 6.45) is 0.319. The highest BCUT2D eigenvalue weighted by molar-refractivity contribution is 7.71. The van der Waals surface area contributed by atoms with Gasteiger partial charge in [-0.3, -0.25) is 14.5 Å². The third-order valence-electron chi connectivity index (χ3n) is 3.44. The van der Waals surface area contributed by atoms with Gasteiger partial charge >= 0.3 is 0 Å². The van der Waals surface area contributed by atoms with Crippen LogP contribution >= 0.6 is 23.6 Å². The molecule has 3 rings (SSSR count). The molecule has 0 aliphatic carbocycles. The Balaban J connectivity index is 1.53. The van der Waals surface area contributed by atoms with Crippen LogP contribution in [-0.2, 0) is 11.3 Å². The van der Waals surface area contributed by atoms with Crippen molar-refractivity contribution < 1.29 is 4.79 Å².